The number of nitrogens with zero attached hydrogens (tertiary/aromatic N) is 1. The van der Waals surface area contributed by atoms with Crippen LogP contribution in [0.4, 0.5) is 11.4 Å². The van der Waals surface area contributed by atoms with Crippen LogP contribution in [0.3, 0.4) is 0 Å². The average molecular weight is 832 g/mol. The van der Waals surface area contributed by atoms with Gasteiger partial charge < -0.3 is 9.32 Å². The second kappa shape index (κ2) is 13.1. The van der Waals surface area contributed by atoms with Gasteiger partial charge in [-0.15, -0.1) is 22.7 Å². The van der Waals surface area contributed by atoms with Crippen molar-refractivity contribution in [2.75, 3.05) is 4.90 Å². The second-order valence-corrected chi connectivity index (χ2v) is 20.0. The van der Waals surface area contributed by atoms with Gasteiger partial charge in [0, 0.05) is 85.1 Å². The van der Waals surface area contributed by atoms with E-state index in [0.717, 1.165) is 22.5 Å². The minimum Gasteiger partial charge on any atom is -0.456 e. The molecule has 3 heterocycles. The zero-order valence-corrected chi connectivity index (χ0v) is 36.3. The molecule has 11 aromatic rings. The van der Waals surface area contributed by atoms with Crippen LogP contribution in [-0.4, -0.2) is 0 Å². The Kier molecular flexibility index (Phi) is 7.63. The second-order valence-electron chi connectivity index (χ2n) is 17.9. The van der Waals surface area contributed by atoms with Crippen LogP contribution in [0.25, 0.3) is 84.5 Å². The van der Waals surface area contributed by atoms with Gasteiger partial charge in [0.2, 0.25) is 0 Å². The van der Waals surface area contributed by atoms with Crippen molar-refractivity contribution in [2.24, 2.45) is 5.92 Å². The number of thiophene rings is 2. The van der Waals surface area contributed by atoms with Gasteiger partial charge in [0.15, 0.2) is 0 Å². The normalized spacial score (nSPS) is 18.0. The van der Waals surface area contributed by atoms with Crippen molar-refractivity contribution in [3.8, 4) is 22.3 Å². The van der Waals surface area contributed by atoms with E-state index in [1.54, 1.807) is 0 Å². The molecule has 0 bridgehead atoms. The molecule has 3 aromatic heterocycles. The third kappa shape index (κ3) is 5.08. The first-order chi connectivity index (χ1) is 30.3. The Labute approximate surface area is 368 Å². The summed E-state index contributed by atoms with van der Waals surface area (Å²) in [5.74, 6) is 0.195. The van der Waals surface area contributed by atoms with Gasteiger partial charge in [-0.05, 0) is 81.8 Å². The number of hydrogen-bond acceptors (Lipinski definition) is 4. The Balaban J connectivity index is 0.944. The fraction of sp³-hybridized carbons (Fsp3) is 0.103. The van der Waals surface area contributed by atoms with E-state index in [1.165, 1.54) is 90.2 Å². The lowest BCUT2D eigenvalue weighted by molar-refractivity contribution is 0.322. The fourth-order valence-corrected chi connectivity index (χ4v) is 13.6. The van der Waals surface area contributed by atoms with Gasteiger partial charge in [0.05, 0.1) is 0 Å². The number of allylic oxidation sites excluding steroid dienone is 3. The highest BCUT2D eigenvalue weighted by Gasteiger charge is 2.54. The van der Waals surface area contributed by atoms with Crippen molar-refractivity contribution in [1.29, 1.82) is 0 Å². The maximum atomic E-state index is 6.74. The maximum Gasteiger partial charge on any atom is 0.139 e. The summed E-state index contributed by atoms with van der Waals surface area (Å²) in [4.78, 5) is 2.46. The molecule has 8 aromatic carbocycles. The molecule has 13 rings (SSSR count). The topological polar surface area (TPSA) is 16.4 Å². The van der Waals surface area contributed by atoms with Gasteiger partial charge in [-0.25, -0.2) is 0 Å². The number of hydrogen-bond donors (Lipinski definition) is 0. The average Bonchev–Trinajstić information content (AvgIpc) is 4.04. The third-order valence-corrected chi connectivity index (χ3v) is 16.5. The largest absolute Gasteiger partial charge is 0.456 e. The molecule has 296 valence electrons. The highest BCUT2D eigenvalue weighted by molar-refractivity contribution is 7.26. The Morgan fingerprint density at radius 1 is 0.500 bits per heavy atom. The van der Waals surface area contributed by atoms with E-state index in [2.05, 4.69) is 214 Å². The molecule has 4 heteroatoms. The lowest BCUT2D eigenvalue weighted by Crippen LogP contribution is -2.36. The molecule has 0 radical (unpaired) electrons. The monoisotopic (exact) mass is 831 g/mol. The van der Waals surface area contributed by atoms with E-state index < -0.39 is 0 Å². The molecule has 2 aliphatic carbocycles. The smallest absolute Gasteiger partial charge is 0.139 e. The van der Waals surface area contributed by atoms with Crippen LogP contribution >= 0.6 is 22.7 Å². The fourth-order valence-electron chi connectivity index (χ4n) is 11.1. The van der Waals surface area contributed by atoms with Crippen molar-refractivity contribution < 1.29 is 4.42 Å². The van der Waals surface area contributed by atoms with Crippen molar-refractivity contribution >= 4 is 96.3 Å². The Bertz CT molecular complexity index is 3530. The van der Waals surface area contributed by atoms with E-state index in [-0.39, 0.29) is 16.7 Å². The molecule has 0 N–H and O–H groups in total. The zero-order chi connectivity index (χ0) is 41.3. The molecule has 62 heavy (non-hydrogen) atoms. The minimum atomic E-state index is -0.249. The van der Waals surface area contributed by atoms with Crippen LogP contribution in [0, 0.1) is 5.92 Å². The van der Waals surface area contributed by atoms with Gasteiger partial charge in [-0.1, -0.05) is 160 Å². The van der Waals surface area contributed by atoms with Crippen molar-refractivity contribution in [1.82, 2.24) is 0 Å². The predicted octanol–water partition coefficient (Wildman–Crippen LogP) is 17.1. The standard InChI is InChI=1S/C58H41NOS2/c1-57(2)48-31-30-45-42-12-4-7-19-49(42)60-54(45)53(48)58(3)33-32-39(34-52(57)58)59(37-26-22-35(23-27-37)40-15-10-17-46-43-13-5-8-20-50(43)61-55(40)46)38-28-24-36(25-29-38)41-16-11-18-47-44-14-6-9-21-51(44)62-56(41)47/h4-34,52H,1-3H3. The van der Waals surface area contributed by atoms with Gasteiger partial charge in [-0.2, -0.15) is 0 Å². The zero-order valence-electron chi connectivity index (χ0n) is 34.6. The van der Waals surface area contributed by atoms with Crippen LogP contribution in [-0.2, 0) is 10.8 Å². The summed E-state index contributed by atoms with van der Waals surface area (Å²) in [5.41, 5.74) is 12.7. The molecule has 0 aliphatic heterocycles. The van der Waals surface area contributed by atoms with Gasteiger partial charge in [-0.3, -0.25) is 0 Å². The number of rotatable bonds is 5. The van der Waals surface area contributed by atoms with Gasteiger partial charge in [0.1, 0.15) is 11.2 Å². The van der Waals surface area contributed by atoms with Crippen molar-refractivity contribution in [2.45, 2.75) is 31.6 Å². The summed E-state index contributed by atoms with van der Waals surface area (Å²) < 4.78 is 12.1. The summed E-state index contributed by atoms with van der Waals surface area (Å²) in [6.45, 7) is 7.25. The molecule has 0 saturated heterocycles. The lowest BCUT2D eigenvalue weighted by Gasteiger charge is -2.39. The first-order valence-corrected chi connectivity index (χ1v) is 23.2. The highest BCUT2D eigenvalue weighted by Crippen LogP contribution is 2.60. The Morgan fingerprint density at radius 2 is 1.03 bits per heavy atom. The van der Waals surface area contributed by atoms with Crippen molar-refractivity contribution in [3.63, 3.8) is 0 Å². The molecular weight excluding hydrogens is 791 g/mol. The number of anilines is 2. The SMILES string of the molecule is CC1(C)c2ccc3c(oc4ccccc43)c2C2(C)C=CC(N(c3ccc(-c4cccc5c4sc4ccccc45)cc3)c3ccc(-c4cccc5c4sc4ccccc45)cc3)=CC12. The minimum absolute atomic E-state index is 0.140. The summed E-state index contributed by atoms with van der Waals surface area (Å²) in [7, 11) is 0. The van der Waals surface area contributed by atoms with E-state index in [0.29, 0.717) is 0 Å². The van der Waals surface area contributed by atoms with E-state index in [4.69, 9.17) is 4.42 Å². The summed E-state index contributed by atoms with van der Waals surface area (Å²) in [6, 6.07) is 62.5. The first-order valence-electron chi connectivity index (χ1n) is 21.5. The third-order valence-electron chi connectivity index (χ3n) is 14.1. The molecule has 0 spiro atoms. The van der Waals surface area contributed by atoms with Crippen LogP contribution in [0.2, 0.25) is 0 Å². The summed E-state index contributed by atoms with van der Waals surface area (Å²) in [5, 5.41) is 7.66. The van der Waals surface area contributed by atoms with Crippen LogP contribution in [0.15, 0.2) is 198 Å². The molecule has 2 unspecified atom stereocenters. The number of furan rings is 1. The molecular formula is C58H41NOS2. The molecule has 2 nitrogen and oxygen atoms in total. The number of fused-ring (bicyclic) bond motifs is 13. The molecule has 2 atom stereocenters. The van der Waals surface area contributed by atoms with Gasteiger partial charge in [0.25, 0.3) is 0 Å². The Hall–Kier alpha value is -6.72. The van der Waals surface area contributed by atoms with Crippen molar-refractivity contribution in [3.05, 3.63) is 205 Å². The molecule has 0 amide bonds. The van der Waals surface area contributed by atoms with Crippen LogP contribution < -0.4 is 4.90 Å². The molecule has 0 fully saturated rings. The number of para-hydroxylation sites is 1. The Morgan fingerprint density at radius 3 is 1.63 bits per heavy atom. The van der Waals surface area contributed by atoms with Crippen LogP contribution in [0.5, 0.6) is 0 Å². The first kappa shape index (κ1) is 36.0. The van der Waals surface area contributed by atoms with Crippen LogP contribution in [0.1, 0.15) is 31.9 Å². The lowest BCUT2D eigenvalue weighted by atomic mass is 9.66. The highest BCUT2D eigenvalue weighted by atomic mass is 32.1. The maximum absolute atomic E-state index is 6.74. The number of benzene rings is 8. The molecule has 0 saturated carbocycles. The quantitative estimate of drug-likeness (QED) is 0.172. The predicted molar refractivity (Wildman–Crippen MR) is 266 cm³/mol. The molecule has 2 aliphatic rings. The van der Waals surface area contributed by atoms with E-state index >= 15 is 0 Å². The summed E-state index contributed by atoms with van der Waals surface area (Å²) >= 11 is 3.77. The summed E-state index contributed by atoms with van der Waals surface area (Å²) in [6.07, 6.45) is 7.38. The van der Waals surface area contributed by atoms with E-state index in [9.17, 15) is 0 Å². The van der Waals surface area contributed by atoms with Gasteiger partial charge >= 0.3 is 0 Å². The van der Waals surface area contributed by atoms with E-state index in [1.807, 2.05) is 22.7 Å².